The van der Waals surface area contributed by atoms with Crippen LogP contribution in [0.4, 0.5) is 5.69 Å². The molecular weight excluding hydrogens is 266 g/mol. The van der Waals surface area contributed by atoms with E-state index in [1.807, 2.05) is 7.05 Å². The summed E-state index contributed by atoms with van der Waals surface area (Å²) < 4.78 is 0. The first-order chi connectivity index (χ1) is 9.08. The van der Waals surface area contributed by atoms with Gasteiger partial charge < -0.3 is 5.32 Å². The van der Waals surface area contributed by atoms with E-state index >= 15 is 0 Å². The number of rotatable bonds is 4. The third-order valence-electron chi connectivity index (χ3n) is 3.55. The molecule has 0 aliphatic carbocycles. The van der Waals surface area contributed by atoms with Gasteiger partial charge in [-0.15, -0.1) is 0 Å². The smallest absolute Gasteiger partial charge is 0.273 e. The van der Waals surface area contributed by atoms with Gasteiger partial charge in [-0.25, -0.2) is 0 Å². The summed E-state index contributed by atoms with van der Waals surface area (Å²) in [6.45, 7) is 2.54. The Balaban J connectivity index is 2.12. The van der Waals surface area contributed by atoms with Gasteiger partial charge in [-0.1, -0.05) is 11.6 Å². The molecule has 0 saturated carbocycles. The van der Waals surface area contributed by atoms with Gasteiger partial charge in [0, 0.05) is 35.8 Å². The fourth-order valence-corrected chi connectivity index (χ4v) is 2.66. The molecule has 0 aromatic heterocycles. The summed E-state index contributed by atoms with van der Waals surface area (Å²) in [5.41, 5.74) is 0.811. The number of hydrogen-bond acceptors (Lipinski definition) is 4. The summed E-state index contributed by atoms with van der Waals surface area (Å²) in [5, 5.41) is 14.9. The lowest BCUT2D eigenvalue weighted by atomic mass is 10.1. The maximum absolute atomic E-state index is 11.0. The van der Waals surface area contributed by atoms with Crippen LogP contribution in [0.25, 0.3) is 0 Å². The van der Waals surface area contributed by atoms with Gasteiger partial charge in [0.1, 0.15) is 0 Å². The van der Waals surface area contributed by atoms with E-state index < -0.39 is 0 Å². The Morgan fingerprint density at radius 2 is 2.37 bits per heavy atom. The Morgan fingerprint density at radius 1 is 1.58 bits per heavy atom. The van der Waals surface area contributed by atoms with Crippen molar-refractivity contribution in [2.75, 3.05) is 20.1 Å². The molecule has 19 heavy (non-hydrogen) atoms. The van der Waals surface area contributed by atoms with Crippen molar-refractivity contribution in [1.29, 1.82) is 0 Å². The van der Waals surface area contributed by atoms with Crippen molar-refractivity contribution in [3.05, 3.63) is 38.9 Å². The van der Waals surface area contributed by atoms with Crippen LogP contribution in [0.2, 0.25) is 5.02 Å². The van der Waals surface area contributed by atoms with E-state index in [0.717, 1.165) is 25.9 Å². The predicted octanol–water partition coefficient (Wildman–Crippen LogP) is 2.43. The Morgan fingerprint density at radius 3 is 3.00 bits per heavy atom. The van der Waals surface area contributed by atoms with E-state index in [1.54, 1.807) is 12.1 Å². The van der Waals surface area contributed by atoms with Crippen molar-refractivity contribution in [1.82, 2.24) is 10.2 Å². The normalized spacial score (nSPS) is 19.6. The largest absolute Gasteiger partial charge is 0.315 e. The molecule has 0 radical (unpaired) electrons. The molecule has 0 bridgehead atoms. The van der Waals surface area contributed by atoms with Crippen LogP contribution in [0.1, 0.15) is 18.4 Å². The molecule has 0 amide bonds. The Kier molecular flexibility index (Phi) is 4.74. The third-order valence-corrected chi connectivity index (χ3v) is 3.79. The highest BCUT2D eigenvalue weighted by molar-refractivity contribution is 6.30. The summed E-state index contributed by atoms with van der Waals surface area (Å²) >= 11 is 5.94. The second-order valence-corrected chi connectivity index (χ2v) is 5.38. The van der Waals surface area contributed by atoms with Gasteiger partial charge in [-0.3, -0.25) is 15.0 Å². The second kappa shape index (κ2) is 6.32. The summed E-state index contributed by atoms with van der Waals surface area (Å²) in [7, 11) is 2.00. The molecule has 1 aromatic rings. The molecule has 1 aliphatic heterocycles. The first-order valence-corrected chi connectivity index (χ1v) is 6.79. The second-order valence-electron chi connectivity index (χ2n) is 4.95. The van der Waals surface area contributed by atoms with E-state index in [-0.39, 0.29) is 10.6 Å². The Labute approximate surface area is 117 Å². The van der Waals surface area contributed by atoms with E-state index in [2.05, 4.69) is 10.2 Å². The summed E-state index contributed by atoms with van der Waals surface area (Å²) in [4.78, 5) is 12.8. The van der Waals surface area contributed by atoms with Crippen molar-refractivity contribution < 1.29 is 4.92 Å². The highest BCUT2D eigenvalue weighted by Crippen LogP contribution is 2.25. The van der Waals surface area contributed by atoms with Gasteiger partial charge in [0.2, 0.25) is 0 Å². The first kappa shape index (κ1) is 14.2. The molecule has 1 atom stereocenters. The van der Waals surface area contributed by atoms with Gasteiger partial charge >= 0.3 is 0 Å². The number of nitrogens with zero attached hydrogens (tertiary/aromatic N) is 2. The number of benzene rings is 1. The standard InChI is InChI=1S/C13H18ClN3O2/c1-16(12-3-2-6-15-8-12)9-10-7-11(14)4-5-13(10)17(18)19/h4-5,7,12,15H,2-3,6,8-9H2,1H3. The number of hydrogen-bond donors (Lipinski definition) is 1. The van der Waals surface area contributed by atoms with Crippen LogP contribution < -0.4 is 5.32 Å². The maximum Gasteiger partial charge on any atom is 0.273 e. The first-order valence-electron chi connectivity index (χ1n) is 6.41. The van der Waals surface area contributed by atoms with Crippen LogP contribution in [0.15, 0.2) is 18.2 Å². The zero-order chi connectivity index (χ0) is 13.8. The van der Waals surface area contributed by atoms with Crippen molar-refractivity contribution in [2.45, 2.75) is 25.4 Å². The lowest BCUT2D eigenvalue weighted by Crippen LogP contribution is -2.43. The average molecular weight is 284 g/mol. The van der Waals surface area contributed by atoms with E-state index in [0.29, 0.717) is 23.2 Å². The minimum Gasteiger partial charge on any atom is -0.315 e. The van der Waals surface area contributed by atoms with Gasteiger partial charge in [0.05, 0.1) is 4.92 Å². The lowest BCUT2D eigenvalue weighted by molar-refractivity contribution is -0.385. The molecule has 1 N–H and O–H groups in total. The van der Waals surface area contributed by atoms with Crippen molar-refractivity contribution >= 4 is 17.3 Å². The molecule has 1 fully saturated rings. The van der Waals surface area contributed by atoms with E-state index in [1.165, 1.54) is 6.07 Å². The van der Waals surface area contributed by atoms with Gasteiger partial charge in [-0.2, -0.15) is 0 Å². The maximum atomic E-state index is 11.0. The monoisotopic (exact) mass is 283 g/mol. The van der Waals surface area contributed by atoms with Crippen LogP contribution in [-0.4, -0.2) is 36.0 Å². The molecule has 0 spiro atoms. The molecule has 1 saturated heterocycles. The zero-order valence-electron chi connectivity index (χ0n) is 10.9. The number of nitro groups is 1. The molecule has 6 heteroatoms. The predicted molar refractivity (Wildman–Crippen MR) is 75.5 cm³/mol. The summed E-state index contributed by atoms with van der Waals surface area (Å²) in [6, 6.07) is 5.15. The van der Waals surface area contributed by atoms with Crippen LogP contribution in [0, 0.1) is 10.1 Å². The zero-order valence-corrected chi connectivity index (χ0v) is 11.7. The molecule has 2 rings (SSSR count). The molecular formula is C13H18ClN3O2. The summed E-state index contributed by atoms with van der Waals surface area (Å²) in [5.74, 6) is 0. The van der Waals surface area contributed by atoms with Crippen LogP contribution in [0.3, 0.4) is 0 Å². The quantitative estimate of drug-likeness (QED) is 0.681. The minimum atomic E-state index is -0.349. The minimum absolute atomic E-state index is 0.139. The molecule has 104 valence electrons. The molecule has 1 aromatic carbocycles. The SMILES string of the molecule is CN(Cc1cc(Cl)ccc1[N+](=O)[O-])C1CCCNC1. The number of likely N-dealkylation sites (N-methyl/N-ethyl adjacent to an activating group) is 1. The van der Waals surface area contributed by atoms with Crippen molar-refractivity contribution in [2.24, 2.45) is 0 Å². The number of nitrogens with one attached hydrogen (secondary N) is 1. The van der Waals surface area contributed by atoms with Crippen molar-refractivity contribution in [3.8, 4) is 0 Å². The molecule has 5 nitrogen and oxygen atoms in total. The molecule has 1 aliphatic rings. The lowest BCUT2D eigenvalue weighted by Gasteiger charge is -2.31. The fourth-order valence-electron chi connectivity index (χ4n) is 2.47. The fraction of sp³-hybridized carbons (Fsp3) is 0.538. The van der Waals surface area contributed by atoms with Gasteiger partial charge in [-0.05, 0) is 38.6 Å². The van der Waals surface area contributed by atoms with E-state index in [4.69, 9.17) is 11.6 Å². The van der Waals surface area contributed by atoms with Crippen molar-refractivity contribution in [3.63, 3.8) is 0 Å². The topological polar surface area (TPSA) is 58.4 Å². The number of piperidine rings is 1. The molecule has 1 heterocycles. The third kappa shape index (κ3) is 3.65. The van der Waals surface area contributed by atoms with Crippen LogP contribution in [-0.2, 0) is 6.54 Å². The Hall–Kier alpha value is -1.17. The van der Waals surface area contributed by atoms with Crippen LogP contribution in [0.5, 0.6) is 0 Å². The van der Waals surface area contributed by atoms with Crippen LogP contribution >= 0.6 is 11.6 Å². The highest BCUT2D eigenvalue weighted by atomic mass is 35.5. The number of halogens is 1. The summed E-state index contributed by atoms with van der Waals surface area (Å²) in [6.07, 6.45) is 2.27. The Bertz CT molecular complexity index is 461. The van der Waals surface area contributed by atoms with E-state index in [9.17, 15) is 10.1 Å². The van der Waals surface area contributed by atoms with Gasteiger partial charge in [0.25, 0.3) is 5.69 Å². The molecule has 1 unspecified atom stereocenters. The number of nitro benzene ring substituents is 1. The van der Waals surface area contributed by atoms with Gasteiger partial charge in [0.15, 0.2) is 0 Å². The average Bonchev–Trinajstić information content (AvgIpc) is 2.39. The highest BCUT2D eigenvalue weighted by Gasteiger charge is 2.21.